The molecule has 29 heavy (non-hydrogen) atoms. The van der Waals surface area contributed by atoms with Gasteiger partial charge in [-0.1, -0.05) is 12.1 Å². The van der Waals surface area contributed by atoms with Crippen LogP contribution >= 0.6 is 12.4 Å². The first-order valence-corrected chi connectivity index (χ1v) is 8.96. The zero-order valence-electron chi connectivity index (χ0n) is 15.7. The Hall–Kier alpha value is -3.51. The second-order valence-corrected chi connectivity index (χ2v) is 6.08. The van der Waals surface area contributed by atoms with E-state index in [2.05, 4.69) is 15.3 Å². The molecule has 0 unspecified atom stereocenters. The summed E-state index contributed by atoms with van der Waals surface area (Å²) in [6.07, 6.45) is 3.46. The number of carbonyl (C=O) groups excluding carboxylic acids is 1. The van der Waals surface area contributed by atoms with Crippen LogP contribution in [0.15, 0.2) is 73.1 Å². The summed E-state index contributed by atoms with van der Waals surface area (Å²) in [6.45, 7) is 2.14. The highest BCUT2D eigenvalue weighted by atomic mass is 35.5. The molecule has 0 fully saturated rings. The van der Waals surface area contributed by atoms with E-state index >= 15 is 0 Å². The van der Waals surface area contributed by atoms with Crippen molar-refractivity contribution in [3.63, 3.8) is 0 Å². The van der Waals surface area contributed by atoms with Gasteiger partial charge in [0.15, 0.2) is 5.82 Å². The van der Waals surface area contributed by atoms with E-state index in [1.807, 2.05) is 48.5 Å². The van der Waals surface area contributed by atoms with Gasteiger partial charge < -0.3 is 10.1 Å². The van der Waals surface area contributed by atoms with Crippen molar-refractivity contribution in [3.8, 4) is 11.4 Å². The number of halogens is 1. The van der Waals surface area contributed by atoms with Gasteiger partial charge in [-0.25, -0.2) is 14.8 Å². The third kappa shape index (κ3) is 4.50. The molecule has 0 saturated heterocycles. The number of ether oxygens (including phenoxy) is 1. The number of rotatable bonds is 5. The maximum absolute atomic E-state index is 11.8. The largest absolute Gasteiger partial charge is 0.462 e. The number of nitrogens with zero attached hydrogens (tertiary/aromatic N) is 3. The summed E-state index contributed by atoms with van der Waals surface area (Å²) in [5.41, 5.74) is 3.00. The molecule has 0 bridgehead atoms. The number of carbonyl (C=O) groups is 1. The van der Waals surface area contributed by atoms with Gasteiger partial charge in [0.1, 0.15) is 5.82 Å². The minimum Gasteiger partial charge on any atom is -0.462 e. The van der Waals surface area contributed by atoms with E-state index in [9.17, 15) is 4.79 Å². The molecule has 146 valence electrons. The summed E-state index contributed by atoms with van der Waals surface area (Å²) < 4.78 is 5.02. The SMILES string of the molecule is CCOC(=O)c1ccc(Nc2nc(-c3cccnc3)nc3ccccc23)cc1.Cl. The Bertz CT molecular complexity index is 1120. The van der Waals surface area contributed by atoms with Crippen LogP contribution in [0.5, 0.6) is 0 Å². The van der Waals surface area contributed by atoms with Crippen LogP contribution in [0.1, 0.15) is 17.3 Å². The molecule has 4 aromatic rings. The minimum atomic E-state index is -0.333. The van der Waals surface area contributed by atoms with Gasteiger partial charge in [-0.3, -0.25) is 4.98 Å². The average molecular weight is 407 g/mol. The number of fused-ring (bicyclic) bond motifs is 1. The number of nitrogens with one attached hydrogen (secondary N) is 1. The Morgan fingerprint density at radius 1 is 1.00 bits per heavy atom. The molecule has 6 nitrogen and oxygen atoms in total. The molecule has 0 amide bonds. The van der Waals surface area contributed by atoms with Crippen LogP contribution < -0.4 is 5.32 Å². The second kappa shape index (κ2) is 9.12. The highest BCUT2D eigenvalue weighted by molar-refractivity contribution is 5.93. The monoisotopic (exact) mass is 406 g/mol. The first-order chi connectivity index (χ1) is 13.7. The molecule has 0 aliphatic carbocycles. The molecule has 2 aromatic heterocycles. The lowest BCUT2D eigenvalue weighted by atomic mass is 10.2. The first-order valence-electron chi connectivity index (χ1n) is 8.96. The van der Waals surface area contributed by atoms with Crippen molar-refractivity contribution < 1.29 is 9.53 Å². The van der Waals surface area contributed by atoms with Crippen molar-refractivity contribution in [2.24, 2.45) is 0 Å². The zero-order chi connectivity index (χ0) is 19.3. The van der Waals surface area contributed by atoms with Crippen LogP contribution in [-0.2, 0) is 4.74 Å². The quantitative estimate of drug-likeness (QED) is 0.468. The van der Waals surface area contributed by atoms with Gasteiger partial charge in [0.25, 0.3) is 0 Å². The molecule has 4 rings (SSSR count). The molecular formula is C22H19ClN4O2. The van der Waals surface area contributed by atoms with Crippen LogP contribution in [0.2, 0.25) is 0 Å². The van der Waals surface area contributed by atoms with Crippen molar-refractivity contribution in [2.45, 2.75) is 6.92 Å². The van der Waals surface area contributed by atoms with E-state index in [1.54, 1.807) is 31.5 Å². The molecule has 1 N–H and O–H groups in total. The maximum Gasteiger partial charge on any atom is 0.338 e. The summed E-state index contributed by atoms with van der Waals surface area (Å²) in [5.74, 6) is 0.950. The fraction of sp³-hybridized carbons (Fsp3) is 0.0909. The molecule has 0 radical (unpaired) electrons. The topological polar surface area (TPSA) is 77.0 Å². The number of esters is 1. The molecule has 0 aliphatic rings. The molecule has 7 heteroatoms. The molecular weight excluding hydrogens is 388 g/mol. The fourth-order valence-corrected chi connectivity index (χ4v) is 2.84. The summed E-state index contributed by atoms with van der Waals surface area (Å²) in [5, 5.41) is 4.24. The Kier molecular flexibility index (Phi) is 6.36. The van der Waals surface area contributed by atoms with Gasteiger partial charge in [-0.2, -0.15) is 0 Å². The summed E-state index contributed by atoms with van der Waals surface area (Å²) >= 11 is 0. The first kappa shape index (κ1) is 20.2. The molecule has 2 heterocycles. The Morgan fingerprint density at radius 2 is 1.79 bits per heavy atom. The second-order valence-electron chi connectivity index (χ2n) is 6.08. The van der Waals surface area contributed by atoms with Gasteiger partial charge in [-0.05, 0) is 55.5 Å². The number of hydrogen-bond donors (Lipinski definition) is 1. The Balaban J connectivity index is 0.00000240. The molecule has 0 atom stereocenters. The number of hydrogen-bond acceptors (Lipinski definition) is 6. The lowest BCUT2D eigenvalue weighted by Gasteiger charge is -2.11. The third-order valence-corrected chi connectivity index (χ3v) is 4.18. The molecule has 2 aromatic carbocycles. The summed E-state index contributed by atoms with van der Waals surface area (Å²) in [4.78, 5) is 25.3. The van der Waals surface area contributed by atoms with Gasteiger partial charge in [0, 0.05) is 29.0 Å². The fourth-order valence-electron chi connectivity index (χ4n) is 2.84. The van der Waals surface area contributed by atoms with E-state index in [4.69, 9.17) is 9.72 Å². The highest BCUT2D eigenvalue weighted by Gasteiger charge is 2.11. The van der Waals surface area contributed by atoms with E-state index in [1.165, 1.54) is 0 Å². The summed E-state index contributed by atoms with van der Waals surface area (Å²) in [6, 6.07) is 18.7. The maximum atomic E-state index is 11.8. The molecule has 0 aliphatic heterocycles. The number of anilines is 2. The number of para-hydroxylation sites is 1. The summed E-state index contributed by atoms with van der Waals surface area (Å²) in [7, 11) is 0. The van der Waals surface area contributed by atoms with Crippen molar-refractivity contribution >= 4 is 40.8 Å². The van der Waals surface area contributed by atoms with Crippen molar-refractivity contribution in [2.75, 3.05) is 11.9 Å². The Labute approximate surface area is 174 Å². The van der Waals surface area contributed by atoms with Gasteiger partial charge in [-0.15, -0.1) is 12.4 Å². The van der Waals surface area contributed by atoms with Crippen molar-refractivity contribution in [3.05, 3.63) is 78.6 Å². The Morgan fingerprint density at radius 3 is 2.52 bits per heavy atom. The van der Waals surface area contributed by atoms with Gasteiger partial charge in [0.05, 0.1) is 17.7 Å². The molecule has 0 saturated carbocycles. The average Bonchev–Trinajstić information content (AvgIpc) is 2.75. The standard InChI is InChI=1S/C22H18N4O2.ClH/c1-2-28-22(27)15-9-11-17(12-10-15)24-21-18-7-3-4-8-19(18)25-20(26-21)16-6-5-13-23-14-16;/h3-14H,2H2,1H3,(H,24,25,26);1H. The minimum absolute atomic E-state index is 0. The lowest BCUT2D eigenvalue weighted by molar-refractivity contribution is 0.0526. The number of pyridine rings is 1. The smallest absolute Gasteiger partial charge is 0.338 e. The third-order valence-electron chi connectivity index (χ3n) is 4.18. The van der Waals surface area contributed by atoms with Crippen LogP contribution in [0.3, 0.4) is 0 Å². The van der Waals surface area contributed by atoms with Crippen LogP contribution in [0.4, 0.5) is 11.5 Å². The molecule has 0 spiro atoms. The highest BCUT2D eigenvalue weighted by Crippen LogP contribution is 2.27. The van der Waals surface area contributed by atoms with Crippen molar-refractivity contribution in [1.29, 1.82) is 0 Å². The zero-order valence-corrected chi connectivity index (χ0v) is 16.5. The van der Waals surface area contributed by atoms with Gasteiger partial charge in [0.2, 0.25) is 0 Å². The van der Waals surface area contributed by atoms with E-state index in [0.717, 1.165) is 22.2 Å². The van der Waals surface area contributed by atoms with E-state index in [0.29, 0.717) is 23.8 Å². The van der Waals surface area contributed by atoms with Crippen LogP contribution in [0.25, 0.3) is 22.3 Å². The predicted molar refractivity (Wildman–Crippen MR) is 116 cm³/mol. The van der Waals surface area contributed by atoms with Crippen LogP contribution in [0, 0.1) is 0 Å². The number of benzene rings is 2. The number of aromatic nitrogens is 3. The lowest BCUT2D eigenvalue weighted by Crippen LogP contribution is -2.04. The normalized spacial score (nSPS) is 10.2. The van der Waals surface area contributed by atoms with E-state index in [-0.39, 0.29) is 18.4 Å². The predicted octanol–water partition coefficient (Wildman–Crippen LogP) is 5.03. The van der Waals surface area contributed by atoms with Crippen LogP contribution in [-0.4, -0.2) is 27.5 Å². The van der Waals surface area contributed by atoms with Gasteiger partial charge >= 0.3 is 5.97 Å². The van der Waals surface area contributed by atoms with Crippen molar-refractivity contribution in [1.82, 2.24) is 15.0 Å². The van der Waals surface area contributed by atoms with E-state index < -0.39 is 0 Å².